The van der Waals surface area contributed by atoms with Gasteiger partial charge in [0.15, 0.2) is 0 Å². The van der Waals surface area contributed by atoms with Gasteiger partial charge in [0.2, 0.25) is 0 Å². The first-order chi connectivity index (χ1) is 20.5. The summed E-state index contributed by atoms with van der Waals surface area (Å²) in [5, 5.41) is 30.9. The van der Waals surface area contributed by atoms with Crippen LogP contribution in [0.3, 0.4) is 0 Å². The Labute approximate surface area is 304 Å². The molecule has 0 spiro atoms. The molecule has 218 valence electrons. The molecule has 0 unspecified atom stereocenters. The van der Waals surface area contributed by atoms with Gasteiger partial charge in [-0.2, -0.15) is 4.33 Å². The van der Waals surface area contributed by atoms with E-state index in [0.29, 0.717) is 27.0 Å². The third-order valence-corrected chi connectivity index (χ3v) is 7.69. The summed E-state index contributed by atoms with van der Waals surface area (Å²) in [5.74, 6) is -2.69. The van der Waals surface area contributed by atoms with E-state index >= 15 is 0 Å². The van der Waals surface area contributed by atoms with E-state index < -0.39 is 27.9 Å². The minimum absolute atomic E-state index is 0. The Morgan fingerprint density at radius 2 is 1.13 bits per heavy atom. The largest absolute Gasteiger partial charge is 1.00 e. The fraction of sp³-hybridized carbons (Fsp3) is 0. The van der Waals surface area contributed by atoms with Crippen molar-refractivity contribution in [3.05, 3.63) is 108 Å². The van der Waals surface area contributed by atoms with Crippen molar-refractivity contribution in [3.8, 4) is 0 Å². The van der Waals surface area contributed by atoms with E-state index in [1.165, 1.54) is 30.3 Å². The molecule has 12 nitrogen and oxygen atoms in total. The van der Waals surface area contributed by atoms with E-state index in [-0.39, 0.29) is 80.7 Å². The van der Waals surface area contributed by atoms with Crippen LogP contribution in [0.25, 0.3) is 21.5 Å². The molecule has 0 bridgehead atoms. The summed E-state index contributed by atoms with van der Waals surface area (Å²) in [6.07, 6.45) is 0. The Morgan fingerprint density at radius 3 is 1.64 bits per heavy atom. The standard InChI is InChI=1S/C29H20N2O10S2.2Na/c32-27(30-23-5-1-18-14-25(42-41-40-36)7-3-16(18)12-23)20-9-21(11-22(10-20)29(34)35)28(33)31-24-6-2-19-15-26(43(37,38)39)8-4-17(19)13-24;;/h1-15,36H,(H,30,32)(H,31,33)(H,34,35)(H,37,38,39);;/q;2*+1/p-2. The van der Waals surface area contributed by atoms with Crippen LogP contribution in [0.1, 0.15) is 31.1 Å². The van der Waals surface area contributed by atoms with Gasteiger partial charge >= 0.3 is 65.1 Å². The first-order valence-electron chi connectivity index (χ1n) is 12.2. The smallest absolute Gasteiger partial charge is 0.744 e. The van der Waals surface area contributed by atoms with Gasteiger partial charge in [-0.25, -0.2) is 13.2 Å². The van der Waals surface area contributed by atoms with Crippen molar-refractivity contribution in [2.24, 2.45) is 0 Å². The van der Waals surface area contributed by atoms with Crippen molar-refractivity contribution in [1.82, 2.24) is 0 Å². The third-order valence-electron chi connectivity index (χ3n) is 6.29. The van der Waals surface area contributed by atoms with E-state index in [2.05, 4.69) is 20.0 Å². The minimum atomic E-state index is -4.63. The number of fused-ring (bicyclic) bond motifs is 2. The van der Waals surface area contributed by atoms with Gasteiger partial charge in [0.05, 0.1) is 22.5 Å². The molecule has 0 aliphatic carbocycles. The molecule has 0 fully saturated rings. The van der Waals surface area contributed by atoms with E-state index in [1.807, 2.05) is 0 Å². The van der Waals surface area contributed by atoms with Crippen LogP contribution in [0.4, 0.5) is 11.4 Å². The summed E-state index contributed by atoms with van der Waals surface area (Å²) in [5.41, 5.74) is 0.275. The maximum atomic E-state index is 13.1. The number of rotatable bonds is 9. The van der Waals surface area contributed by atoms with Gasteiger partial charge in [-0.3, -0.25) is 14.6 Å². The second kappa shape index (κ2) is 15.6. The number of carboxylic acid groups (broad SMARTS) is 1. The van der Waals surface area contributed by atoms with Gasteiger partial charge in [-0.05, 0) is 88.3 Å². The molecule has 0 saturated carbocycles. The van der Waals surface area contributed by atoms with Crippen LogP contribution in [-0.2, 0) is 19.5 Å². The molecule has 0 saturated heterocycles. The molecule has 0 atom stereocenters. The Bertz CT molecular complexity index is 2040. The number of nitrogens with one attached hydrogen (secondary N) is 2. The molecular formula is C29H18N2Na2O10S2. The summed E-state index contributed by atoms with van der Waals surface area (Å²) in [7, 11) is -4.63. The molecule has 5 aromatic carbocycles. The fourth-order valence-corrected chi connectivity index (χ4v) is 5.19. The zero-order valence-electron chi connectivity index (χ0n) is 23.6. The van der Waals surface area contributed by atoms with Crippen molar-refractivity contribution >= 4 is 72.9 Å². The zero-order valence-corrected chi connectivity index (χ0v) is 29.2. The minimum Gasteiger partial charge on any atom is -0.744 e. The average Bonchev–Trinajstić information content (AvgIpc) is 2.98. The number of amides is 2. The Morgan fingerprint density at radius 1 is 0.667 bits per heavy atom. The van der Waals surface area contributed by atoms with Crippen LogP contribution < -0.4 is 75.0 Å². The summed E-state index contributed by atoms with van der Waals surface area (Å²) < 4.78 is 38.2. The van der Waals surface area contributed by atoms with Crippen LogP contribution in [0.5, 0.6) is 0 Å². The van der Waals surface area contributed by atoms with Gasteiger partial charge in [0.25, 0.3) is 11.8 Å². The van der Waals surface area contributed by atoms with Gasteiger partial charge in [0, 0.05) is 27.4 Å². The Kier molecular flexibility index (Phi) is 12.7. The number of benzene rings is 5. The van der Waals surface area contributed by atoms with Crippen LogP contribution in [0, 0.1) is 0 Å². The number of carbonyl (C=O) groups is 3. The molecule has 0 heterocycles. The van der Waals surface area contributed by atoms with Gasteiger partial charge < -0.3 is 25.6 Å². The van der Waals surface area contributed by atoms with Crippen molar-refractivity contribution in [3.63, 3.8) is 0 Å². The molecule has 3 N–H and O–H groups in total. The van der Waals surface area contributed by atoms with E-state index in [9.17, 15) is 37.7 Å². The maximum absolute atomic E-state index is 13.1. The number of carboxylic acids is 1. The fourth-order valence-electron chi connectivity index (χ4n) is 4.28. The van der Waals surface area contributed by atoms with Crippen LogP contribution >= 0.6 is 12.0 Å². The number of aromatic carboxylic acids is 1. The molecule has 0 aromatic heterocycles. The van der Waals surface area contributed by atoms with Crippen molar-refractivity contribution in [1.29, 1.82) is 0 Å². The van der Waals surface area contributed by atoms with Gasteiger partial charge in [-0.15, -0.1) is 0 Å². The summed E-state index contributed by atoms with van der Waals surface area (Å²) in [4.78, 5) is 38.2. The quantitative estimate of drug-likeness (QED) is 0.0537. The summed E-state index contributed by atoms with van der Waals surface area (Å²) >= 11 is 0.741. The second-order valence-corrected chi connectivity index (χ2v) is 11.3. The van der Waals surface area contributed by atoms with Crippen LogP contribution in [0.2, 0.25) is 0 Å². The van der Waals surface area contributed by atoms with Crippen molar-refractivity contribution in [2.75, 3.05) is 10.6 Å². The molecule has 16 heteroatoms. The van der Waals surface area contributed by atoms with Gasteiger partial charge in [0.1, 0.15) is 10.1 Å². The topological polar surface area (TPSA) is 194 Å². The Balaban J connectivity index is 0.00000276. The molecule has 5 rings (SSSR count). The molecular weight excluding hydrogens is 646 g/mol. The first kappa shape index (κ1) is 36.6. The van der Waals surface area contributed by atoms with Crippen LogP contribution in [-0.4, -0.2) is 35.9 Å². The maximum Gasteiger partial charge on any atom is 1.00 e. The molecule has 0 aliphatic heterocycles. The average molecular weight is 665 g/mol. The van der Waals surface area contributed by atoms with Crippen LogP contribution in [0.15, 0.2) is 101 Å². The third kappa shape index (κ3) is 9.13. The van der Waals surface area contributed by atoms with Crippen molar-refractivity contribution in [2.45, 2.75) is 9.79 Å². The predicted octanol–water partition coefficient (Wildman–Crippen LogP) is -1.66. The SMILES string of the molecule is O=C(O)c1cc(C(=O)Nc2ccc3cc(SOO[O-])ccc3c2)cc(C(=O)Nc2ccc3cc(S(=O)(=O)[O-])ccc3c2)c1.[Na+].[Na+]. The van der Waals surface area contributed by atoms with E-state index in [0.717, 1.165) is 41.0 Å². The van der Waals surface area contributed by atoms with E-state index in [1.54, 1.807) is 42.5 Å². The molecule has 5 aromatic rings. The van der Waals surface area contributed by atoms with E-state index in [4.69, 9.17) is 0 Å². The number of hydrogen-bond donors (Lipinski definition) is 3. The monoisotopic (exact) mass is 664 g/mol. The second-order valence-electron chi connectivity index (χ2n) is 9.13. The Hall–Kier alpha value is -2.83. The summed E-state index contributed by atoms with van der Waals surface area (Å²) in [6.45, 7) is 0. The molecule has 0 aliphatic rings. The van der Waals surface area contributed by atoms with Crippen molar-refractivity contribution < 1.29 is 106 Å². The summed E-state index contributed by atoms with van der Waals surface area (Å²) in [6, 6.07) is 22.1. The molecule has 0 radical (unpaired) electrons. The molecule has 2 amide bonds. The zero-order chi connectivity index (χ0) is 30.7. The number of carbonyl (C=O) groups excluding carboxylic acids is 2. The molecule has 45 heavy (non-hydrogen) atoms. The predicted molar refractivity (Wildman–Crippen MR) is 153 cm³/mol. The first-order valence-corrected chi connectivity index (χ1v) is 14.3. The number of hydrogen-bond acceptors (Lipinski definition) is 10. The van der Waals surface area contributed by atoms with Gasteiger partial charge in [-0.1, -0.05) is 24.3 Å². The normalized spacial score (nSPS) is 10.9. The number of anilines is 2.